The summed E-state index contributed by atoms with van der Waals surface area (Å²) >= 11 is -0.508. The van der Waals surface area contributed by atoms with Crippen LogP contribution in [0.25, 0.3) is 10.1 Å². The quantitative estimate of drug-likeness (QED) is 0.525. The number of carbonyl (C=O) groups is 1. The second kappa shape index (κ2) is 6.49. The molecule has 0 aliphatic heterocycles. The second-order valence-corrected chi connectivity index (χ2v) is 7.41. The standard InChI is InChI=1S/C16H11F4N3OSe/c1-23-11(8-14(22-23)16(18,19)20)12-6-7-13(25-12)15(24)21-10-5-3-2-4-9(10)17/h2-8H,1H3,(H,21,24). The van der Waals surface area contributed by atoms with Gasteiger partial charge in [-0.1, -0.05) is 0 Å². The van der Waals surface area contributed by atoms with E-state index in [1.165, 1.54) is 31.3 Å². The Balaban J connectivity index is 1.84. The maximum atomic E-state index is 13.6. The van der Waals surface area contributed by atoms with Gasteiger partial charge in [-0.05, 0) is 0 Å². The number of para-hydroxylation sites is 1. The van der Waals surface area contributed by atoms with E-state index in [4.69, 9.17) is 0 Å². The minimum absolute atomic E-state index is 0.0533. The Morgan fingerprint density at radius 2 is 1.92 bits per heavy atom. The molecule has 1 amide bonds. The molecule has 3 aromatic rings. The summed E-state index contributed by atoms with van der Waals surface area (Å²) in [6, 6.07) is 9.83. The first-order valence-corrected chi connectivity index (χ1v) is 8.74. The molecule has 0 atom stereocenters. The van der Waals surface area contributed by atoms with E-state index in [1.807, 2.05) is 0 Å². The molecule has 0 saturated heterocycles. The number of nitrogens with zero attached hydrogens (tertiary/aromatic N) is 2. The van der Waals surface area contributed by atoms with E-state index >= 15 is 0 Å². The zero-order valence-corrected chi connectivity index (χ0v) is 14.5. The van der Waals surface area contributed by atoms with Crippen molar-refractivity contribution in [2.75, 3.05) is 5.32 Å². The molecule has 0 saturated carbocycles. The molecule has 9 heteroatoms. The van der Waals surface area contributed by atoms with Crippen LogP contribution in [0.5, 0.6) is 0 Å². The second-order valence-electron chi connectivity index (χ2n) is 5.13. The molecule has 25 heavy (non-hydrogen) atoms. The summed E-state index contributed by atoms with van der Waals surface area (Å²) in [5.41, 5.74) is -0.624. The zero-order chi connectivity index (χ0) is 18.2. The Hall–Kier alpha value is -2.38. The van der Waals surface area contributed by atoms with Gasteiger partial charge in [-0.2, -0.15) is 0 Å². The number of rotatable bonds is 3. The molecule has 1 N–H and O–H groups in total. The van der Waals surface area contributed by atoms with Crippen LogP contribution >= 0.6 is 0 Å². The summed E-state index contributed by atoms with van der Waals surface area (Å²) in [6.45, 7) is 0. The van der Waals surface area contributed by atoms with Crippen LogP contribution < -0.4 is 5.32 Å². The van der Waals surface area contributed by atoms with Gasteiger partial charge in [0.05, 0.1) is 0 Å². The predicted octanol–water partition coefficient (Wildman–Crippen LogP) is 3.55. The van der Waals surface area contributed by atoms with Crippen molar-refractivity contribution in [3.8, 4) is 10.1 Å². The SMILES string of the molecule is Cn1nc(C(F)(F)F)cc1-c1ccc(C(=O)Nc2ccccc2F)[se]1. The van der Waals surface area contributed by atoms with Crippen molar-refractivity contribution in [2.24, 2.45) is 7.05 Å². The third-order valence-electron chi connectivity index (χ3n) is 3.37. The molecule has 2 aromatic heterocycles. The fraction of sp³-hybridized carbons (Fsp3) is 0.125. The third kappa shape index (κ3) is 3.67. The van der Waals surface area contributed by atoms with Crippen LogP contribution in [0.4, 0.5) is 23.2 Å². The number of alkyl halides is 3. The van der Waals surface area contributed by atoms with Gasteiger partial charge in [0.2, 0.25) is 0 Å². The Morgan fingerprint density at radius 1 is 1.20 bits per heavy atom. The van der Waals surface area contributed by atoms with E-state index in [1.54, 1.807) is 12.1 Å². The molecule has 1 aromatic carbocycles. The van der Waals surface area contributed by atoms with E-state index in [0.717, 1.165) is 10.7 Å². The van der Waals surface area contributed by atoms with Crippen molar-refractivity contribution in [3.63, 3.8) is 0 Å². The molecule has 0 fully saturated rings. The molecule has 2 heterocycles. The number of amides is 1. The average Bonchev–Trinajstić information content (AvgIpc) is 3.15. The summed E-state index contributed by atoms with van der Waals surface area (Å²) < 4.78 is 54.0. The normalized spacial score (nSPS) is 11.6. The van der Waals surface area contributed by atoms with Crippen LogP contribution in [0.15, 0.2) is 42.5 Å². The molecule has 0 unspecified atom stereocenters. The first kappa shape index (κ1) is 17.4. The van der Waals surface area contributed by atoms with Gasteiger partial charge in [0, 0.05) is 0 Å². The van der Waals surface area contributed by atoms with Crippen molar-refractivity contribution in [1.82, 2.24) is 9.78 Å². The molecule has 3 rings (SSSR count). The van der Waals surface area contributed by atoms with Crippen molar-refractivity contribution in [1.29, 1.82) is 0 Å². The number of halogens is 4. The zero-order valence-electron chi connectivity index (χ0n) is 12.8. The Labute approximate surface area is 145 Å². The molecule has 0 aliphatic rings. The maximum absolute atomic E-state index is 13.6. The van der Waals surface area contributed by atoms with E-state index < -0.39 is 38.1 Å². The Kier molecular flexibility index (Phi) is 4.53. The van der Waals surface area contributed by atoms with E-state index in [-0.39, 0.29) is 5.69 Å². The summed E-state index contributed by atoms with van der Waals surface area (Å²) in [4.78, 5) is 12.2. The Bertz CT molecular complexity index is 930. The topological polar surface area (TPSA) is 46.9 Å². The van der Waals surface area contributed by atoms with Gasteiger partial charge in [-0.25, -0.2) is 0 Å². The third-order valence-corrected chi connectivity index (χ3v) is 5.70. The summed E-state index contributed by atoms with van der Waals surface area (Å²) in [5.74, 6) is -1.04. The number of nitrogens with one attached hydrogen (secondary N) is 1. The first-order chi connectivity index (χ1) is 11.8. The monoisotopic (exact) mass is 417 g/mol. The van der Waals surface area contributed by atoms with Gasteiger partial charge in [-0.15, -0.1) is 0 Å². The van der Waals surface area contributed by atoms with Crippen molar-refractivity contribution in [2.45, 2.75) is 6.18 Å². The molecule has 0 radical (unpaired) electrons. The molecular formula is C16H11F4N3OSe. The number of hydrogen-bond acceptors (Lipinski definition) is 2. The minimum atomic E-state index is -4.53. The number of carbonyl (C=O) groups excluding carboxylic acids is 1. The average molecular weight is 416 g/mol. The van der Waals surface area contributed by atoms with Crippen molar-refractivity contribution >= 4 is 26.1 Å². The number of aromatic nitrogens is 2. The van der Waals surface area contributed by atoms with E-state index in [9.17, 15) is 22.4 Å². The van der Waals surface area contributed by atoms with Gasteiger partial charge < -0.3 is 0 Å². The van der Waals surface area contributed by atoms with Gasteiger partial charge in [0.25, 0.3) is 0 Å². The van der Waals surface area contributed by atoms with Crippen molar-refractivity contribution in [3.05, 3.63) is 58.4 Å². The van der Waals surface area contributed by atoms with Gasteiger partial charge in [0.15, 0.2) is 0 Å². The van der Waals surface area contributed by atoms with Crippen LogP contribution in [0, 0.1) is 5.82 Å². The summed E-state index contributed by atoms with van der Waals surface area (Å²) in [5, 5.41) is 5.93. The number of anilines is 1. The number of hydrogen-bond donors (Lipinski definition) is 1. The first-order valence-electron chi connectivity index (χ1n) is 7.03. The molecule has 0 spiro atoms. The summed E-state index contributed by atoms with van der Waals surface area (Å²) in [6.07, 6.45) is -4.53. The predicted molar refractivity (Wildman–Crippen MR) is 84.9 cm³/mol. The van der Waals surface area contributed by atoms with Crippen LogP contribution in [-0.4, -0.2) is 30.2 Å². The van der Waals surface area contributed by atoms with E-state index in [0.29, 0.717) is 14.6 Å². The van der Waals surface area contributed by atoms with Crippen LogP contribution in [0.3, 0.4) is 0 Å². The molecule has 0 aliphatic carbocycles. The molecule has 4 nitrogen and oxygen atoms in total. The van der Waals surface area contributed by atoms with E-state index in [2.05, 4.69) is 10.4 Å². The fourth-order valence-electron chi connectivity index (χ4n) is 2.18. The number of benzene rings is 1. The van der Waals surface area contributed by atoms with Crippen molar-refractivity contribution < 1.29 is 22.4 Å². The van der Waals surface area contributed by atoms with Gasteiger partial charge >= 0.3 is 145 Å². The van der Waals surface area contributed by atoms with Crippen LogP contribution in [0.1, 0.15) is 14.9 Å². The molecule has 0 bridgehead atoms. The molecular weight excluding hydrogens is 405 g/mol. The van der Waals surface area contributed by atoms with Gasteiger partial charge in [0.1, 0.15) is 0 Å². The molecule has 130 valence electrons. The van der Waals surface area contributed by atoms with Gasteiger partial charge in [-0.3, -0.25) is 0 Å². The Morgan fingerprint density at radius 3 is 2.56 bits per heavy atom. The summed E-state index contributed by atoms with van der Waals surface area (Å²) in [7, 11) is 1.42. The number of aryl methyl sites for hydroxylation is 1. The van der Waals surface area contributed by atoms with Crippen LogP contribution in [-0.2, 0) is 13.2 Å². The van der Waals surface area contributed by atoms with Crippen LogP contribution in [0.2, 0.25) is 0 Å². The fourth-order valence-corrected chi connectivity index (χ4v) is 4.17.